The van der Waals surface area contributed by atoms with Gasteiger partial charge < -0.3 is 5.32 Å². The number of hydrogen-bond donors (Lipinski definition) is 1. The summed E-state index contributed by atoms with van der Waals surface area (Å²) >= 11 is 0.699. The third-order valence-electron chi connectivity index (χ3n) is 4.14. The number of carbonyl (C=O) groups excluding carboxylic acids is 4. The topological polar surface area (TPSA) is 127 Å². The van der Waals surface area contributed by atoms with Crippen molar-refractivity contribution >= 4 is 46.0 Å². The van der Waals surface area contributed by atoms with Crippen LogP contribution in [0.2, 0.25) is 0 Å². The van der Waals surface area contributed by atoms with Crippen LogP contribution in [0.15, 0.2) is 54.6 Å². The quantitative estimate of drug-likeness (QED) is 0.420. The maximum atomic E-state index is 12.5. The van der Waals surface area contributed by atoms with Gasteiger partial charge in [-0.15, -0.1) is 0 Å². The Bertz CT molecular complexity index is 977. The number of anilines is 1. The van der Waals surface area contributed by atoms with Gasteiger partial charge in [-0.2, -0.15) is 0 Å². The first-order chi connectivity index (χ1) is 13.8. The monoisotopic (exact) mass is 413 g/mol. The highest BCUT2D eigenvalue weighted by Gasteiger charge is 2.41. The predicted molar refractivity (Wildman–Crippen MR) is 106 cm³/mol. The normalized spacial score (nSPS) is 16.0. The fourth-order valence-corrected chi connectivity index (χ4v) is 3.66. The molecule has 1 atom stereocenters. The minimum Gasteiger partial charge on any atom is -0.326 e. The molecule has 0 spiro atoms. The van der Waals surface area contributed by atoms with Gasteiger partial charge in [0.05, 0.1) is 11.5 Å². The van der Waals surface area contributed by atoms with Gasteiger partial charge in [-0.3, -0.25) is 34.2 Å². The summed E-state index contributed by atoms with van der Waals surface area (Å²) in [6.45, 7) is -0.380. The number of non-ortho nitro benzene ring substituents is 1. The van der Waals surface area contributed by atoms with Crippen molar-refractivity contribution in [1.29, 1.82) is 0 Å². The number of carbonyl (C=O) groups is 4. The summed E-state index contributed by atoms with van der Waals surface area (Å²) < 4.78 is 0. The average Bonchev–Trinajstić information content (AvgIpc) is 2.96. The standard InChI is InChI=1S/C19H15N3O6S/c23-15(12-4-2-1-3-5-12)11-21-18(25)16(29-19(21)26)10-17(24)20-13-6-8-14(9-7-13)22(27)28/h1-9,16H,10-11H2,(H,20,24). The molecule has 0 aliphatic carbocycles. The third kappa shape index (κ3) is 4.85. The van der Waals surface area contributed by atoms with Crippen LogP contribution in [0.25, 0.3) is 0 Å². The molecule has 2 aromatic rings. The van der Waals surface area contributed by atoms with Gasteiger partial charge in [0.15, 0.2) is 5.78 Å². The molecule has 148 valence electrons. The Kier molecular flexibility index (Phi) is 6.03. The number of nitrogens with zero attached hydrogens (tertiary/aromatic N) is 2. The second-order valence-corrected chi connectivity index (χ2v) is 7.30. The van der Waals surface area contributed by atoms with Crippen LogP contribution in [-0.2, 0) is 9.59 Å². The Morgan fingerprint density at radius 3 is 2.34 bits per heavy atom. The van der Waals surface area contributed by atoms with E-state index < -0.39 is 27.2 Å². The van der Waals surface area contributed by atoms with Crippen LogP contribution in [-0.4, -0.2) is 44.5 Å². The third-order valence-corrected chi connectivity index (χ3v) is 5.21. The lowest BCUT2D eigenvalue weighted by Gasteiger charge is -2.13. The van der Waals surface area contributed by atoms with Crippen LogP contribution in [0.3, 0.4) is 0 Å². The van der Waals surface area contributed by atoms with Crippen LogP contribution in [0.5, 0.6) is 0 Å². The SMILES string of the molecule is O=C(CC1SC(=O)N(CC(=O)c2ccccc2)C1=O)Nc1ccc([N+](=O)[O-])cc1. The van der Waals surface area contributed by atoms with Crippen LogP contribution in [0.4, 0.5) is 16.2 Å². The summed E-state index contributed by atoms with van der Waals surface area (Å²) in [6, 6.07) is 13.5. The van der Waals surface area contributed by atoms with Crippen molar-refractivity contribution in [3.8, 4) is 0 Å². The number of amides is 3. The summed E-state index contributed by atoms with van der Waals surface area (Å²) in [5.41, 5.74) is 0.602. The molecular formula is C19H15N3O6S. The molecule has 0 radical (unpaired) electrons. The van der Waals surface area contributed by atoms with Crippen molar-refractivity contribution in [2.75, 3.05) is 11.9 Å². The maximum absolute atomic E-state index is 12.5. The molecule has 3 rings (SSSR count). The Hall–Kier alpha value is -3.53. The smallest absolute Gasteiger partial charge is 0.289 e. The molecule has 1 unspecified atom stereocenters. The number of thioether (sulfide) groups is 1. The lowest BCUT2D eigenvalue weighted by molar-refractivity contribution is -0.384. The molecule has 0 bridgehead atoms. The van der Waals surface area contributed by atoms with Crippen LogP contribution in [0.1, 0.15) is 16.8 Å². The van der Waals surface area contributed by atoms with E-state index in [9.17, 15) is 29.3 Å². The number of rotatable bonds is 7. The average molecular weight is 413 g/mol. The van der Waals surface area contributed by atoms with Gasteiger partial charge in [0, 0.05) is 29.8 Å². The van der Waals surface area contributed by atoms with E-state index in [1.54, 1.807) is 30.3 Å². The molecule has 1 fully saturated rings. The van der Waals surface area contributed by atoms with Crippen LogP contribution in [0, 0.1) is 10.1 Å². The number of imide groups is 1. The van der Waals surface area contributed by atoms with E-state index in [4.69, 9.17) is 0 Å². The number of nitro groups is 1. The second-order valence-electron chi connectivity index (χ2n) is 6.14. The first kappa shape index (κ1) is 20.2. The summed E-state index contributed by atoms with van der Waals surface area (Å²) in [5.74, 6) is -1.49. The predicted octanol–water partition coefficient (Wildman–Crippen LogP) is 2.87. The molecule has 29 heavy (non-hydrogen) atoms. The van der Waals surface area contributed by atoms with E-state index in [-0.39, 0.29) is 24.4 Å². The molecule has 1 heterocycles. The van der Waals surface area contributed by atoms with Gasteiger partial charge in [0.25, 0.3) is 10.9 Å². The number of nitro benzene ring substituents is 1. The molecule has 3 amide bonds. The number of Topliss-reactive ketones (excluding diaryl/α,β-unsaturated/α-hetero) is 1. The van der Waals surface area contributed by atoms with Gasteiger partial charge in [-0.05, 0) is 12.1 Å². The fourth-order valence-electron chi connectivity index (χ4n) is 2.68. The number of nitrogens with one attached hydrogen (secondary N) is 1. The van der Waals surface area contributed by atoms with Gasteiger partial charge in [-0.1, -0.05) is 42.1 Å². The summed E-state index contributed by atoms with van der Waals surface area (Å²) in [7, 11) is 0. The minimum absolute atomic E-state index is 0.117. The van der Waals surface area contributed by atoms with Crippen LogP contribution < -0.4 is 5.32 Å². The minimum atomic E-state index is -0.927. The lowest BCUT2D eigenvalue weighted by Crippen LogP contribution is -2.36. The van der Waals surface area contributed by atoms with Gasteiger partial charge >= 0.3 is 0 Å². The molecule has 9 nitrogen and oxygen atoms in total. The molecule has 1 aliphatic rings. The maximum Gasteiger partial charge on any atom is 0.289 e. The first-order valence-electron chi connectivity index (χ1n) is 8.49. The molecule has 1 N–H and O–H groups in total. The zero-order chi connectivity index (χ0) is 21.0. The van der Waals surface area contributed by atoms with Crippen molar-refractivity contribution in [3.63, 3.8) is 0 Å². The lowest BCUT2D eigenvalue weighted by atomic mass is 10.1. The van der Waals surface area contributed by atoms with E-state index in [1.807, 2.05) is 0 Å². The Balaban J connectivity index is 1.58. The van der Waals surface area contributed by atoms with Gasteiger partial charge in [0.1, 0.15) is 5.25 Å². The molecule has 10 heteroatoms. The molecule has 2 aromatic carbocycles. The van der Waals surface area contributed by atoms with Gasteiger partial charge in [0.2, 0.25) is 11.8 Å². The first-order valence-corrected chi connectivity index (χ1v) is 9.37. The summed E-state index contributed by atoms with van der Waals surface area (Å²) in [6.07, 6.45) is -0.262. The highest BCUT2D eigenvalue weighted by atomic mass is 32.2. The molecule has 0 aromatic heterocycles. The zero-order valence-corrected chi connectivity index (χ0v) is 15.8. The Morgan fingerprint density at radius 2 is 1.72 bits per heavy atom. The van der Waals surface area contributed by atoms with Gasteiger partial charge in [-0.25, -0.2) is 0 Å². The number of hydrogen-bond acceptors (Lipinski definition) is 7. The van der Waals surface area contributed by atoms with E-state index in [1.165, 1.54) is 24.3 Å². The molecular weight excluding hydrogens is 398 g/mol. The summed E-state index contributed by atoms with van der Waals surface area (Å²) in [4.78, 5) is 60.0. The van der Waals surface area contributed by atoms with Crippen LogP contribution >= 0.6 is 11.8 Å². The summed E-state index contributed by atoms with van der Waals surface area (Å²) in [5, 5.41) is 11.7. The highest BCUT2D eigenvalue weighted by Crippen LogP contribution is 2.29. The Labute approximate surface area is 169 Å². The van der Waals surface area contributed by atoms with E-state index >= 15 is 0 Å². The van der Waals surface area contributed by atoms with E-state index in [0.717, 1.165) is 4.90 Å². The highest BCUT2D eigenvalue weighted by molar-refractivity contribution is 8.15. The van der Waals surface area contributed by atoms with Crippen molar-refractivity contribution < 1.29 is 24.1 Å². The second kappa shape index (κ2) is 8.65. The Morgan fingerprint density at radius 1 is 1.07 bits per heavy atom. The number of benzene rings is 2. The van der Waals surface area contributed by atoms with Crippen molar-refractivity contribution in [2.45, 2.75) is 11.7 Å². The van der Waals surface area contributed by atoms with E-state index in [2.05, 4.69) is 5.32 Å². The van der Waals surface area contributed by atoms with Crippen molar-refractivity contribution in [1.82, 2.24) is 4.90 Å². The molecule has 1 saturated heterocycles. The number of ketones is 1. The zero-order valence-electron chi connectivity index (χ0n) is 14.9. The fraction of sp³-hybridized carbons (Fsp3) is 0.158. The van der Waals surface area contributed by atoms with Crippen molar-refractivity contribution in [3.05, 3.63) is 70.3 Å². The van der Waals surface area contributed by atoms with E-state index in [0.29, 0.717) is 23.0 Å². The molecule has 1 aliphatic heterocycles. The largest absolute Gasteiger partial charge is 0.326 e. The molecule has 0 saturated carbocycles. The van der Waals surface area contributed by atoms with Crippen molar-refractivity contribution in [2.24, 2.45) is 0 Å².